The molecule has 3 saturated heterocycles. The first kappa shape index (κ1) is 104. The van der Waals surface area contributed by atoms with Crippen LogP contribution in [0.15, 0.2) is 224 Å². The SMILES string of the molecule is CC(=O)N[C@H]1[C@H](O[C@@H]2c3ccc(c(Cl)c3)Oc3cc4cc(c3O[C@@H]3O[C@H](CO)[C@@H](O)[C@H](O)[C@H]3NCc3ccc(Oc5ccccc5)cc3)Oc3ccc(cc3Cl)C[C@H]3NC(=O)[C@@H](NCc5ccc(Oc6ccccc6)cc5)c5ccc(O)c(c5)Oc5cc(O)cc(c5)[C@H](NC3=O)C(=O)N[C@H]4C(=O)N[C@H]3C(=O)N[C@@H]2C(=O)N[C@H](C(=O)O)c2cc(O)cc(O[C@H]4O[C@H](CO)[C@@H](O)[C@H](O)[C@@H]4O)c2-c2cc3ccc2O)O[C@H](CO)[C@@H](O)[C@@H]1O. The Bertz CT molecular complexity index is 6870. The minimum absolute atomic E-state index is 0.0608. The number of fused-ring (bicyclic) bond motifs is 14. The Balaban J connectivity index is 0.845. The van der Waals surface area contributed by atoms with E-state index in [1.165, 1.54) is 36.4 Å². The van der Waals surface area contributed by atoms with Crippen LogP contribution in [0.5, 0.6) is 92.0 Å². The highest BCUT2D eigenvalue weighted by Gasteiger charge is 2.52. The lowest BCUT2D eigenvalue weighted by atomic mass is 9.89. The van der Waals surface area contributed by atoms with Crippen molar-refractivity contribution in [1.82, 2.24) is 47.9 Å². The minimum atomic E-state index is -2.60. The number of halogens is 2. The summed E-state index contributed by atoms with van der Waals surface area (Å²) in [7, 11) is 0. The molecule has 45 heteroatoms. The van der Waals surface area contributed by atoms with Gasteiger partial charge in [0.25, 0.3) is 0 Å². The van der Waals surface area contributed by atoms with E-state index in [-0.39, 0.29) is 52.1 Å². The number of aliphatic carboxylic acids is 1. The smallest absolute Gasteiger partial charge is 0.330 e. The molecule has 0 spiro atoms. The van der Waals surface area contributed by atoms with Crippen molar-refractivity contribution < 1.29 is 167 Å². The largest absolute Gasteiger partial charge is 0.508 e. The van der Waals surface area contributed by atoms with Gasteiger partial charge in [-0.15, -0.1) is 0 Å². The van der Waals surface area contributed by atoms with Crippen molar-refractivity contribution in [1.29, 1.82) is 0 Å². The summed E-state index contributed by atoms with van der Waals surface area (Å²) in [5.74, 6) is -16.5. The number of phenolic OH excluding ortho intramolecular Hbond substituents is 4. The summed E-state index contributed by atoms with van der Waals surface area (Å²) in [4.78, 5) is 127. The number of rotatable bonds is 21. The second-order valence-corrected chi connectivity index (χ2v) is 36.9. The number of phenols is 4. The normalized spacial score (nSPS) is 26.8. The van der Waals surface area contributed by atoms with Crippen LogP contribution in [0.2, 0.25) is 10.0 Å². The molecule has 17 bridgehead atoms. The Hall–Kier alpha value is -15.1. The fourth-order valence-corrected chi connectivity index (χ4v) is 18.8. The lowest BCUT2D eigenvalue weighted by molar-refractivity contribution is -0.284. The lowest BCUT2D eigenvalue weighted by Crippen LogP contribution is -2.65. The van der Waals surface area contributed by atoms with Gasteiger partial charge in [0.2, 0.25) is 59.7 Å². The number of para-hydroxylation sites is 2. The fraction of sp³-hybridized carbons (Fsp3) is 0.288. The zero-order valence-corrected chi connectivity index (χ0v) is 79.6. The van der Waals surface area contributed by atoms with Gasteiger partial charge in [-0.25, -0.2) is 4.79 Å². The van der Waals surface area contributed by atoms with Crippen molar-refractivity contribution >= 4 is 70.5 Å². The summed E-state index contributed by atoms with van der Waals surface area (Å²) in [5.41, 5.74) is -2.47. The Labute approximate surface area is 855 Å². The first-order valence-electron chi connectivity index (χ1n) is 46.7. The molecule has 0 radical (unpaired) electrons. The number of carboxylic acids is 1. The van der Waals surface area contributed by atoms with E-state index >= 15 is 28.8 Å². The Morgan fingerprint density at radius 2 is 0.940 bits per heavy atom. The highest BCUT2D eigenvalue weighted by Crippen LogP contribution is 2.52. The summed E-state index contributed by atoms with van der Waals surface area (Å²) in [5, 5.41) is 197. The van der Waals surface area contributed by atoms with Crippen LogP contribution < -0.4 is 81.0 Å². The lowest BCUT2D eigenvalue weighted by Gasteiger charge is -2.44. The number of aliphatic hydroxyl groups excluding tert-OH is 10. The van der Waals surface area contributed by atoms with Crippen molar-refractivity contribution in [2.45, 2.75) is 167 Å². The standard InChI is InChI=1S/C104H99Cl2N9O34/c1-45(119)109-84-90(128)87(125)75(43-117)146-103(84)148-93-51-19-27-69(64(106)33-51)143-73-36-53-35-72(94(73)149-102-83(89(127)86(124)74(42-116)145-102)108-41-47-14-22-59(23-15-47)140-57-10-6-3-7-11-57)142-68-26-16-48(28-63(68)105)29-65-95(131)111-80(52-30-54(120)37-60(31-52)141-70-34-50(18-25-67(70)123)78(96(132)110-65)107-40-46-12-20-58(21-13-46)139-56-8-4-2-5-9-56)98(134)113-81(53)99(135)112-79-49-17-24-66(122)61(32-49)77-62(82(101(137)138)114-100(136)85(93)115-97(79)133)38-55(121)39-71(77)144-104-92(130)91(129)88(126)76(44-118)147-104/h2-28,30-39,65,74-76,78-93,102-104,107-108,116-118,120-130H,29,40-44H2,1H3,(H,109,119)(H,110,132)(H,111,131)(H,112,135)(H,113,134)(H,114,136)(H,115,133)(H,137,138)/t65-,74-,75-,76-,78+,79-,80+,81-,82+,83-,84-,85+,86-,87-,88-,89-,90-,91+,92+,93-,102+,103+,104+/m1/s1. The molecule has 0 aromatic heterocycles. The molecule has 0 unspecified atom stereocenters. The van der Waals surface area contributed by atoms with Gasteiger partial charge in [0.05, 0.1) is 35.9 Å². The fourth-order valence-electron chi connectivity index (χ4n) is 18.3. The number of hydrogen-bond donors (Lipinski definition) is 24. The maximum absolute atomic E-state index is 17.3. The number of aromatic hydroxyl groups is 4. The summed E-state index contributed by atoms with van der Waals surface area (Å²) in [6.07, 6.45) is -29.0. The predicted molar refractivity (Wildman–Crippen MR) is 518 cm³/mol. The predicted octanol–water partition coefficient (Wildman–Crippen LogP) is 5.11. The summed E-state index contributed by atoms with van der Waals surface area (Å²) in [6.45, 7) is -2.35. The Kier molecular flexibility index (Phi) is 31.0. The van der Waals surface area contributed by atoms with Crippen LogP contribution in [0.3, 0.4) is 0 Å². The molecule has 24 N–H and O–H groups in total. The monoisotopic (exact) mass is 2090 g/mol. The van der Waals surface area contributed by atoms with Crippen LogP contribution in [0.1, 0.15) is 93.3 Å². The molecule has 43 nitrogen and oxygen atoms in total. The second-order valence-electron chi connectivity index (χ2n) is 36.1. The van der Waals surface area contributed by atoms with Gasteiger partial charge in [0, 0.05) is 55.3 Å². The highest BCUT2D eigenvalue weighted by atomic mass is 35.5. The van der Waals surface area contributed by atoms with Gasteiger partial charge in [-0.05, 0) is 172 Å². The molecule has 149 heavy (non-hydrogen) atoms. The second kappa shape index (κ2) is 44.5. The van der Waals surface area contributed by atoms with Crippen LogP contribution in [0, 0.1) is 0 Å². The van der Waals surface area contributed by atoms with E-state index in [4.69, 9.17) is 75.3 Å². The van der Waals surface area contributed by atoms with E-state index in [1.54, 1.807) is 97.1 Å². The molecule has 11 aromatic rings. The van der Waals surface area contributed by atoms with Gasteiger partial charge in [-0.2, -0.15) is 0 Å². The molecule has 23 atom stereocenters. The molecular formula is C104H99Cl2N9O34. The molecule has 778 valence electrons. The number of nitrogens with one attached hydrogen (secondary N) is 9. The third-order valence-electron chi connectivity index (χ3n) is 25.9. The molecule has 20 rings (SSSR count). The van der Waals surface area contributed by atoms with E-state index in [1.807, 2.05) is 12.1 Å². The molecule has 3 fully saturated rings. The minimum Gasteiger partial charge on any atom is -0.508 e. The Morgan fingerprint density at radius 1 is 0.423 bits per heavy atom. The van der Waals surface area contributed by atoms with Gasteiger partial charge in [0.15, 0.2) is 35.3 Å². The molecule has 9 heterocycles. The van der Waals surface area contributed by atoms with Gasteiger partial charge in [-0.1, -0.05) is 108 Å². The van der Waals surface area contributed by atoms with Crippen LogP contribution in [-0.4, -0.2) is 248 Å². The highest BCUT2D eigenvalue weighted by molar-refractivity contribution is 6.32. The summed E-state index contributed by atoms with van der Waals surface area (Å²) >= 11 is 15.0. The van der Waals surface area contributed by atoms with Crippen molar-refractivity contribution in [3.8, 4) is 103 Å². The zero-order valence-electron chi connectivity index (χ0n) is 78.1. The van der Waals surface area contributed by atoms with E-state index in [2.05, 4.69) is 47.9 Å². The number of amides is 7. The van der Waals surface area contributed by atoms with Gasteiger partial charge >= 0.3 is 5.97 Å². The number of aliphatic hydroxyl groups is 10. The molecule has 9 aliphatic rings. The quantitative estimate of drug-likeness (QED) is 0.0444. The number of carbonyl (C=O) groups is 8. The van der Waals surface area contributed by atoms with Crippen molar-refractivity contribution in [2.24, 2.45) is 0 Å². The van der Waals surface area contributed by atoms with Crippen LogP contribution >= 0.6 is 23.2 Å². The maximum Gasteiger partial charge on any atom is 0.330 e. The first-order chi connectivity index (χ1) is 71.6. The van der Waals surface area contributed by atoms with Crippen LogP contribution in [-0.2, 0) is 76.8 Å². The molecule has 7 amide bonds. The molecule has 9 aliphatic heterocycles. The number of hydrogen-bond acceptors (Lipinski definition) is 35. The molecule has 0 saturated carbocycles. The van der Waals surface area contributed by atoms with Crippen LogP contribution in [0.4, 0.5) is 0 Å². The van der Waals surface area contributed by atoms with E-state index in [0.29, 0.717) is 34.1 Å². The van der Waals surface area contributed by atoms with Crippen LogP contribution in [0.25, 0.3) is 11.1 Å². The average molecular weight is 2090 g/mol. The third kappa shape index (κ3) is 22.7. The van der Waals surface area contributed by atoms with Gasteiger partial charge in [-0.3, -0.25) is 38.9 Å². The number of carbonyl (C=O) groups excluding carboxylic acids is 7. The molecule has 11 aromatic carbocycles. The van der Waals surface area contributed by atoms with Crippen molar-refractivity contribution in [3.63, 3.8) is 0 Å². The Morgan fingerprint density at radius 3 is 1.54 bits per heavy atom. The van der Waals surface area contributed by atoms with Gasteiger partial charge < -0.3 is 171 Å². The van der Waals surface area contributed by atoms with E-state index in [0.717, 1.165) is 85.8 Å². The van der Waals surface area contributed by atoms with E-state index in [9.17, 15) is 86.2 Å². The zero-order chi connectivity index (χ0) is 105. The third-order valence-corrected chi connectivity index (χ3v) is 26.5. The topological polar surface area (TPSA) is 650 Å². The number of ether oxygens (including phenoxy) is 11. The summed E-state index contributed by atoms with van der Waals surface area (Å²) < 4.78 is 70.7. The van der Waals surface area contributed by atoms with E-state index < -0.39 is 304 Å². The maximum atomic E-state index is 17.3. The van der Waals surface area contributed by atoms with Crippen molar-refractivity contribution in [3.05, 3.63) is 285 Å². The number of benzene rings is 11. The average Bonchev–Trinajstić information content (AvgIpc) is 0.757. The first-order valence-corrected chi connectivity index (χ1v) is 47.5. The number of carboxylic acid groups (broad SMARTS) is 1. The van der Waals surface area contributed by atoms with Crippen molar-refractivity contribution in [2.75, 3.05) is 19.8 Å². The molecular weight excluding hydrogens is 1990 g/mol. The molecule has 0 aliphatic carbocycles. The van der Waals surface area contributed by atoms with Gasteiger partial charge in [0.1, 0.15) is 173 Å². The summed E-state index contributed by atoms with van der Waals surface area (Å²) in [6, 6.07) is 33.1.